The van der Waals surface area contributed by atoms with E-state index in [-0.39, 0.29) is 16.7 Å². The van der Waals surface area contributed by atoms with Crippen molar-refractivity contribution in [3.05, 3.63) is 88.9 Å². The number of unbranched alkanes of at least 4 members (excludes halogenated alkanes) is 1. The monoisotopic (exact) mass is 661 g/mol. The lowest BCUT2D eigenvalue weighted by Crippen LogP contribution is -2.37. The molecular weight excluding hydrogens is 622 g/mol. The molecule has 0 saturated carbocycles. The fourth-order valence-corrected chi connectivity index (χ4v) is 5.99. The second-order valence-corrected chi connectivity index (χ2v) is 12.4. The first-order chi connectivity index (χ1) is 21.0. The van der Waals surface area contributed by atoms with Gasteiger partial charge in [-0.15, -0.1) is 0 Å². The average molecular weight is 662 g/mol. The van der Waals surface area contributed by atoms with Crippen molar-refractivity contribution in [2.45, 2.75) is 51.0 Å². The number of hydrogen-bond donors (Lipinski definition) is 5. The van der Waals surface area contributed by atoms with Crippen LogP contribution in [0.5, 0.6) is 0 Å². The summed E-state index contributed by atoms with van der Waals surface area (Å²) >= 11 is 10.9. The molecule has 4 N–H and O–H groups in total. The normalized spacial score (nSPS) is 11.5. The summed E-state index contributed by atoms with van der Waals surface area (Å²) in [7, 11) is -4.03. The highest BCUT2D eigenvalue weighted by molar-refractivity contribution is 7.90. The lowest BCUT2D eigenvalue weighted by molar-refractivity contribution is -0.137. The summed E-state index contributed by atoms with van der Waals surface area (Å²) in [6.45, 7) is 4.67. The molecule has 0 heterocycles. The number of nitrogens with one attached hydrogen (secondary N) is 3. The Balaban J connectivity index is 0.000000860. The van der Waals surface area contributed by atoms with Crippen molar-refractivity contribution in [1.29, 1.82) is 0 Å². The van der Waals surface area contributed by atoms with Gasteiger partial charge in [0.25, 0.3) is 10.0 Å². The zero-order chi connectivity index (χ0) is 32.5. The Morgan fingerprint density at radius 2 is 1.61 bits per heavy atom. The molecule has 3 aromatic carbocycles. The van der Waals surface area contributed by atoms with E-state index >= 15 is 0 Å². The van der Waals surface area contributed by atoms with E-state index in [0.29, 0.717) is 54.4 Å². The van der Waals surface area contributed by atoms with Crippen molar-refractivity contribution in [2.24, 2.45) is 5.92 Å². The SMILES string of the molecule is CC(=O)NS(=O)(=O)c1ccccc1-c1ccc(CNCCNC(=O)[C@@H](CS)Cc2ccccc2)cc1Cl.CCCCC(=O)O. The van der Waals surface area contributed by atoms with Crippen LogP contribution < -0.4 is 15.4 Å². The van der Waals surface area contributed by atoms with Gasteiger partial charge in [-0.2, -0.15) is 12.6 Å². The van der Waals surface area contributed by atoms with E-state index in [4.69, 9.17) is 16.7 Å². The van der Waals surface area contributed by atoms with E-state index in [9.17, 15) is 22.8 Å². The maximum atomic E-state index is 12.6. The topological polar surface area (TPSA) is 142 Å². The molecule has 44 heavy (non-hydrogen) atoms. The number of carboxylic acids is 1. The number of carboxylic acid groups (broad SMARTS) is 1. The number of rotatable bonds is 15. The van der Waals surface area contributed by atoms with Gasteiger partial charge < -0.3 is 15.7 Å². The number of hydrogen-bond acceptors (Lipinski definition) is 7. The third-order valence-electron chi connectivity index (χ3n) is 6.37. The largest absolute Gasteiger partial charge is 0.481 e. The maximum Gasteiger partial charge on any atom is 0.303 e. The fourth-order valence-electron chi connectivity index (χ4n) is 4.17. The first-order valence-electron chi connectivity index (χ1n) is 14.2. The van der Waals surface area contributed by atoms with E-state index in [0.717, 1.165) is 30.9 Å². The van der Waals surface area contributed by atoms with Gasteiger partial charge in [0.05, 0.1) is 10.8 Å². The molecule has 2 amide bonds. The first kappa shape index (κ1) is 36.8. The number of carbonyl (C=O) groups is 3. The van der Waals surface area contributed by atoms with Gasteiger partial charge in [-0.1, -0.05) is 85.6 Å². The van der Waals surface area contributed by atoms with E-state index in [1.54, 1.807) is 30.3 Å². The zero-order valence-corrected chi connectivity index (χ0v) is 27.4. The van der Waals surface area contributed by atoms with E-state index < -0.39 is 21.9 Å². The Morgan fingerprint density at radius 1 is 0.932 bits per heavy atom. The molecular formula is C32H40ClN3O6S2. The van der Waals surface area contributed by atoms with E-state index in [1.165, 1.54) is 6.07 Å². The molecule has 0 fully saturated rings. The number of benzene rings is 3. The van der Waals surface area contributed by atoms with Crippen LogP contribution in [0.1, 0.15) is 44.2 Å². The molecule has 9 nitrogen and oxygen atoms in total. The van der Waals surface area contributed by atoms with E-state index in [2.05, 4.69) is 23.3 Å². The van der Waals surface area contributed by atoms with Gasteiger partial charge in [-0.25, -0.2) is 13.1 Å². The van der Waals surface area contributed by atoms with Crippen molar-refractivity contribution in [2.75, 3.05) is 18.8 Å². The number of halogens is 1. The molecule has 0 aliphatic rings. The molecule has 1 atom stereocenters. The van der Waals surface area contributed by atoms with E-state index in [1.807, 2.05) is 48.0 Å². The molecule has 3 aromatic rings. The van der Waals surface area contributed by atoms with Crippen molar-refractivity contribution in [1.82, 2.24) is 15.4 Å². The molecule has 238 valence electrons. The Bertz CT molecular complexity index is 1490. The lowest BCUT2D eigenvalue weighted by atomic mass is 10.0. The summed E-state index contributed by atoms with van der Waals surface area (Å²) in [5.41, 5.74) is 2.95. The van der Waals surface area contributed by atoms with Gasteiger partial charge in [0.1, 0.15) is 0 Å². The predicted octanol–water partition coefficient (Wildman–Crippen LogP) is 5.09. The van der Waals surface area contributed by atoms with Gasteiger partial charge in [0, 0.05) is 54.9 Å². The van der Waals surface area contributed by atoms with Crippen molar-refractivity contribution >= 4 is 52.0 Å². The molecule has 3 rings (SSSR count). The molecule has 0 spiro atoms. The van der Waals surface area contributed by atoms with Crippen molar-refractivity contribution < 1.29 is 27.9 Å². The molecule has 0 aliphatic heterocycles. The van der Waals surface area contributed by atoms with Gasteiger partial charge in [0.2, 0.25) is 11.8 Å². The quantitative estimate of drug-likeness (QED) is 0.113. The van der Waals surface area contributed by atoms with Crippen LogP contribution in [0.4, 0.5) is 0 Å². The third-order valence-corrected chi connectivity index (χ3v) is 8.61. The number of thiol groups is 1. The lowest BCUT2D eigenvalue weighted by Gasteiger charge is -2.15. The second-order valence-electron chi connectivity index (χ2n) is 10.0. The summed E-state index contributed by atoms with van der Waals surface area (Å²) in [5.74, 6) is -1.12. The van der Waals surface area contributed by atoms with Gasteiger partial charge >= 0.3 is 5.97 Å². The Morgan fingerprint density at radius 3 is 2.20 bits per heavy atom. The van der Waals surface area contributed by atoms with Crippen LogP contribution in [-0.4, -0.2) is 50.2 Å². The van der Waals surface area contributed by atoms with Crippen molar-refractivity contribution in [3.63, 3.8) is 0 Å². The van der Waals surface area contributed by atoms with Crippen LogP contribution in [0, 0.1) is 5.92 Å². The minimum Gasteiger partial charge on any atom is -0.481 e. The van der Waals surface area contributed by atoms with Crippen LogP contribution in [0.15, 0.2) is 77.7 Å². The highest BCUT2D eigenvalue weighted by Crippen LogP contribution is 2.33. The van der Waals surface area contributed by atoms with Gasteiger partial charge in [0.15, 0.2) is 0 Å². The summed E-state index contributed by atoms with van der Waals surface area (Å²) < 4.78 is 27.2. The van der Waals surface area contributed by atoms with Crippen LogP contribution in [0.3, 0.4) is 0 Å². The summed E-state index contributed by atoms with van der Waals surface area (Å²) in [6, 6.07) is 21.6. The number of carbonyl (C=O) groups excluding carboxylic acids is 2. The van der Waals surface area contributed by atoms with Crippen LogP contribution in [0.2, 0.25) is 5.02 Å². The smallest absolute Gasteiger partial charge is 0.303 e. The van der Waals surface area contributed by atoms with Gasteiger partial charge in [-0.3, -0.25) is 14.4 Å². The molecule has 0 saturated heterocycles. The Hall–Kier alpha value is -3.38. The minimum absolute atomic E-state index is 0.0269. The fraction of sp³-hybridized carbons (Fsp3) is 0.344. The molecule has 0 aromatic heterocycles. The molecule has 0 radical (unpaired) electrons. The molecule has 0 bridgehead atoms. The van der Waals surface area contributed by atoms with Gasteiger partial charge in [-0.05, 0) is 36.1 Å². The number of aliphatic carboxylic acids is 1. The average Bonchev–Trinajstić information content (AvgIpc) is 2.99. The predicted molar refractivity (Wildman–Crippen MR) is 177 cm³/mol. The summed E-state index contributed by atoms with van der Waals surface area (Å²) in [6.07, 6.45) is 2.72. The minimum atomic E-state index is -4.03. The summed E-state index contributed by atoms with van der Waals surface area (Å²) in [5, 5.41) is 14.7. The van der Waals surface area contributed by atoms with Crippen molar-refractivity contribution in [3.8, 4) is 11.1 Å². The Kier molecular flexibility index (Phi) is 16.0. The van der Waals surface area contributed by atoms with Crippen LogP contribution >= 0.6 is 24.2 Å². The molecule has 0 unspecified atom stereocenters. The number of amides is 2. The summed E-state index contributed by atoms with van der Waals surface area (Å²) in [4.78, 5) is 33.6. The van der Waals surface area contributed by atoms with Crippen LogP contribution in [-0.2, 0) is 37.4 Å². The molecule has 12 heteroatoms. The standard InChI is InChI=1S/C27H30ClN3O4S2.C5H10O2/c1-19(32)31-37(34,35)26-10-6-5-9-24(26)23-12-11-21(16-25(23)28)17-29-13-14-30-27(33)22(18-36)15-20-7-3-2-4-8-20;1-2-3-4-5(6)7/h2-12,16,22,29,36H,13-15,17-18H2,1H3,(H,30,33)(H,31,32);2-4H2,1H3,(H,6,7)/t22-;/m1./s1. The maximum absolute atomic E-state index is 12.6. The second kappa shape index (κ2) is 19.1. The molecule has 0 aliphatic carbocycles. The number of sulfonamides is 1. The highest BCUT2D eigenvalue weighted by Gasteiger charge is 2.21. The third kappa shape index (κ3) is 12.7. The Labute approximate surface area is 270 Å². The first-order valence-corrected chi connectivity index (χ1v) is 16.7. The van der Waals surface area contributed by atoms with Crippen LogP contribution in [0.25, 0.3) is 11.1 Å². The highest BCUT2D eigenvalue weighted by atomic mass is 35.5. The zero-order valence-electron chi connectivity index (χ0n) is 24.9.